The first-order valence-electron chi connectivity index (χ1n) is 4.79. The van der Waals surface area contributed by atoms with E-state index >= 15 is 0 Å². The summed E-state index contributed by atoms with van der Waals surface area (Å²) >= 11 is 11.9. The van der Waals surface area contributed by atoms with Crippen LogP contribution in [0.4, 0.5) is 0 Å². The van der Waals surface area contributed by atoms with Gasteiger partial charge in [0.2, 0.25) is 0 Å². The first-order chi connectivity index (χ1) is 6.58. The van der Waals surface area contributed by atoms with Crippen molar-refractivity contribution >= 4 is 23.2 Å². The van der Waals surface area contributed by atoms with Crippen molar-refractivity contribution < 1.29 is 0 Å². The van der Waals surface area contributed by atoms with Crippen LogP contribution in [0.25, 0.3) is 0 Å². The van der Waals surface area contributed by atoms with Crippen LogP contribution in [0.5, 0.6) is 0 Å². The van der Waals surface area contributed by atoms with Crippen molar-refractivity contribution in [1.29, 1.82) is 0 Å². The fraction of sp³-hybridized carbons (Fsp3) is 0.455. The summed E-state index contributed by atoms with van der Waals surface area (Å²) in [6.07, 6.45) is 1.16. The number of benzene rings is 1. The van der Waals surface area contributed by atoms with Crippen LogP contribution < -0.4 is 5.73 Å². The van der Waals surface area contributed by atoms with E-state index in [1.54, 1.807) is 6.07 Å². The second kappa shape index (κ2) is 3.73. The van der Waals surface area contributed by atoms with Gasteiger partial charge in [0.25, 0.3) is 0 Å². The summed E-state index contributed by atoms with van der Waals surface area (Å²) in [7, 11) is 0. The van der Waals surface area contributed by atoms with Crippen LogP contribution in [-0.2, 0) is 0 Å². The van der Waals surface area contributed by atoms with Gasteiger partial charge in [-0.25, -0.2) is 0 Å². The Bertz CT molecular complexity index is 329. The lowest BCUT2D eigenvalue weighted by atomic mass is 10.1. The average molecular weight is 230 g/mol. The summed E-state index contributed by atoms with van der Waals surface area (Å²) in [6, 6.07) is 5.99. The zero-order valence-corrected chi connectivity index (χ0v) is 9.52. The highest BCUT2D eigenvalue weighted by atomic mass is 35.5. The lowest BCUT2D eigenvalue weighted by Crippen LogP contribution is -2.17. The summed E-state index contributed by atoms with van der Waals surface area (Å²) in [5, 5.41) is 1.42. The van der Waals surface area contributed by atoms with Crippen molar-refractivity contribution in [2.45, 2.75) is 25.3 Å². The number of rotatable bonds is 2. The molecule has 0 bridgehead atoms. The highest BCUT2D eigenvalue weighted by Crippen LogP contribution is 2.49. The van der Waals surface area contributed by atoms with Crippen LogP contribution in [0.3, 0.4) is 0 Å². The normalized spacial score (nSPS) is 27.4. The Morgan fingerprint density at radius 3 is 2.29 bits per heavy atom. The molecule has 1 aromatic rings. The second-order valence-corrected chi connectivity index (χ2v) is 4.94. The highest BCUT2D eigenvalue weighted by Gasteiger charge is 2.40. The Morgan fingerprint density at radius 1 is 1.29 bits per heavy atom. The van der Waals surface area contributed by atoms with E-state index in [0.29, 0.717) is 21.9 Å². The Hall–Kier alpha value is -0.240. The van der Waals surface area contributed by atoms with Gasteiger partial charge in [0.1, 0.15) is 0 Å². The SMILES string of the molecule is CC(N)C1CC1c1cc(Cl)cc(Cl)c1. The summed E-state index contributed by atoms with van der Waals surface area (Å²) in [5.74, 6) is 1.16. The van der Waals surface area contributed by atoms with Crippen LogP contribution in [-0.4, -0.2) is 6.04 Å². The molecule has 2 rings (SSSR count). The van der Waals surface area contributed by atoms with E-state index < -0.39 is 0 Å². The van der Waals surface area contributed by atoms with Crippen molar-refractivity contribution in [2.75, 3.05) is 0 Å². The van der Waals surface area contributed by atoms with Crippen LogP contribution >= 0.6 is 23.2 Å². The molecule has 0 radical (unpaired) electrons. The summed E-state index contributed by atoms with van der Waals surface area (Å²) in [4.78, 5) is 0. The molecular weight excluding hydrogens is 217 g/mol. The molecule has 0 aliphatic heterocycles. The Kier molecular flexibility index (Phi) is 2.74. The summed E-state index contributed by atoms with van der Waals surface area (Å²) in [5.41, 5.74) is 7.06. The quantitative estimate of drug-likeness (QED) is 0.827. The van der Waals surface area contributed by atoms with Gasteiger partial charge in [0, 0.05) is 16.1 Å². The third kappa shape index (κ3) is 2.05. The molecule has 1 aliphatic carbocycles. The van der Waals surface area contributed by atoms with Crippen LogP contribution in [0.2, 0.25) is 10.0 Å². The standard InChI is InChI=1S/C11H13Cl2N/c1-6(14)10-5-11(10)7-2-8(12)4-9(13)3-7/h2-4,6,10-11H,5,14H2,1H3. The molecule has 1 aliphatic rings. The second-order valence-electron chi connectivity index (χ2n) is 4.07. The van der Waals surface area contributed by atoms with E-state index in [1.165, 1.54) is 5.56 Å². The minimum Gasteiger partial charge on any atom is -0.328 e. The van der Waals surface area contributed by atoms with Gasteiger partial charge in [-0.3, -0.25) is 0 Å². The molecule has 3 unspecified atom stereocenters. The van der Waals surface area contributed by atoms with Crippen LogP contribution in [0.1, 0.15) is 24.8 Å². The molecule has 1 aromatic carbocycles. The lowest BCUT2D eigenvalue weighted by Gasteiger charge is -2.05. The molecule has 0 amide bonds. The van der Waals surface area contributed by atoms with Gasteiger partial charge < -0.3 is 5.73 Å². The zero-order chi connectivity index (χ0) is 10.3. The van der Waals surface area contributed by atoms with Crippen molar-refractivity contribution in [2.24, 2.45) is 11.7 Å². The van der Waals surface area contributed by atoms with Gasteiger partial charge in [-0.05, 0) is 48.9 Å². The third-order valence-electron chi connectivity index (χ3n) is 2.83. The fourth-order valence-corrected chi connectivity index (χ4v) is 2.51. The van der Waals surface area contributed by atoms with Gasteiger partial charge >= 0.3 is 0 Å². The molecule has 0 saturated heterocycles. The predicted octanol–water partition coefficient (Wildman–Crippen LogP) is 3.44. The molecule has 1 nitrogen and oxygen atoms in total. The molecule has 76 valence electrons. The molecule has 0 aromatic heterocycles. The molecule has 14 heavy (non-hydrogen) atoms. The first kappa shape index (κ1) is 10.3. The topological polar surface area (TPSA) is 26.0 Å². The number of halogens is 2. The minimum absolute atomic E-state index is 0.262. The smallest absolute Gasteiger partial charge is 0.0423 e. The molecule has 0 heterocycles. The van der Waals surface area contributed by atoms with Crippen molar-refractivity contribution in [3.8, 4) is 0 Å². The Labute approximate surface area is 94.2 Å². The fourth-order valence-electron chi connectivity index (χ4n) is 1.97. The van der Waals surface area contributed by atoms with Gasteiger partial charge in [-0.2, -0.15) is 0 Å². The molecule has 0 spiro atoms. The molecule has 3 heteroatoms. The maximum atomic E-state index is 5.93. The van der Waals surface area contributed by atoms with Crippen molar-refractivity contribution in [3.05, 3.63) is 33.8 Å². The minimum atomic E-state index is 0.262. The number of nitrogens with two attached hydrogens (primary N) is 1. The van der Waals surface area contributed by atoms with E-state index in [9.17, 15) is 0 Å². The van der Waals surface area contributed by atoms with Crippen molar-refractivity contribution in [1.82, 2.24) is 0 Å². The van der Waals surface area contributed by atoms with E-state index in [-0.39, 0.29) is 6.04 Å². The molecular formula is C11H13Cl2N. The van der Waals surface area contributed by atoms with E-state index in [4.69, 9.17) is 28.9 Å². The van der Waals surface area contributed by atoms with E-state index in [1.807, 2.05) is 12.1 Å². The van der Waals surface area contributed by atoms with Gasteiger partial charge in [0.15, 0.2) is 0 Å². The third-order valence-corrected chi connectivity index (χ3v) is 3.26. The zero-order valence-electron chi connectivity index (χ0n) is 8.00. The summed E-state index contributed by atoms with van der Waals surface area (Å²) < 4.78 is 0. The largest absolute Gasteiger partial charge is 0.328 e. The molecule has 1 fully saturated rings. The van der Waals surface area contributed by atoms with Crippen molar-refractivity contribution in [3.63, 3.8) is 0 Å². The molecule has 2 N–H and O–H groups in total. The lowest BCUT2D eigenvalue weighted by molar-refractivity contribution is 0.631. The highest BCUT2D eigenvalue weighted by molar-refractivity contribution is 6.34. The van der Waals surface area contributed by atoms with E-state index in [2.05, 4.69) is 6.92 Å². The monoisotopic (exact) mass is 229 g/mol. The van der Waals surface area contributed by atoms with Crippen LogP contribution in [0, 0.1) is 5.92 Å². The Morgan fingerprint density at radius 2 is 1.86 bits per heavy atom. The first-order valence-corrected chi connectivity index (χ1v) is 5.55. The van der Waals surface area contributed by atoms with Gasteiger partial charge in [-0.15, -0.1) is 0 Å². The molecule has 3 atom stereocenters. The van der Waals surface area contributed by atoms with E-state index in [0.717, 1.165) is 6.42 Å². The maximum Gasteiger partial charge on any atom is 0.0423 e. The Balaban J connectivity index is 2.19. The van der Waals surface area contributed by atoms with Gasteiger partial charge in [-0.1, -0.05) is 23.2 Å². The molecule has 1 saturated carbocycles. The number of hydrogen-bond acceptors (Lipinski definition) is 1. The number of hydrogen-bond donors (Lipinski definition) is 1. The van der Waals surface area contributed by atoms with Crippen LogP contribution in [0.15, 0.2) is 18.2 Å². The summed E-state index contributed by atoms with van der Waals surface area (Å²) in [6.45, 7) is 2.05. The average Bonchev–Trinajstić information content (AvgIpc) is 2.79. The predicted molar refractivity (Wildman–Crippen MR) is 61.0 cm³/mol. The van der Waals surface area contributed by atoms with Gasteiger partial charge in [0.05, 0.1) is 0 Å². The maximum absolute atomic E-state index is 5.93.